The Morgan fingerprint density at radius 1 is 1.29 bits per heavy atom. The Hall–Kier alpha value is -1.72. The molecule has 0 aromatic heterocycles. The predicted octanol–water partition coefficient (Wildman–Crippen LogP) is 3.82. The van der Waals surface area contributed by atoms with E-state index in [4.69, 9.17) is 4.74 Å². The van der Waals surface area contributed by atoms with E-state index in [0.717, 1.165) is 5.56 Å². The summed E-state index contributed by atoms with van der Waals surface area (Å²) in [5.41, 5.74) is 1.51. The summed E-state index contributed by atoms with van der Waals surface area (Å²) in [6, 6.07) is 8.91. The first-order valence-electron chi connectivity index (χ1n) is 6.26. The summed E-state index contributed by atoms with van der Waals surface area (Å²) in [5, 5.41) is 10.2. The second-order valence-corrected chi connectivity index (χ2v) is 5.48. The van der Waals surface area contributed by atoms with E-state index in [2.05, 4.69) is 15.9 Å². The second kappa shape index (κ2) is 6.37. The average molecular weight is 353 g/mol. The molecule has 0 saturated carbocycles. The number of carbonyl (C=O) groups is 1. The molecule has 1 N–H and O–H groups in total. The molecular formula is C16H14BrFO3. The molecule has 0 bridgehead atoms. The molecule has 2 aromatic rings. The zero-order valence-electron chi connectivity index (χ0n) is 11.6. The summed E-state index contributed by atoms with van der Waals surface area (Å²) >= 11 is 3.04. The minimum absolute atomic E-state index is 0.206. The third-order valence-electron chi connectivity index (χ3n) is 3.19. The van der Waals surface area contributed by atoms with E-state index in [1.165, 1.54) is 18.2 Å². The van der Waals surface area contributed by atoms with E-state index >= 15 is 0 Å². The van der Waals surface area contributed by atoms with Gasteiger partial charge in [0.2, 0.25) is 0 Å². The number of ether oxygens (including phenoxy) is 1. The fraction of sp³-hybridized carbons (Fsp3) is 0.188. The SMILES string of the molecule is COc1ccc(C(=O)C(O)c2ccc(F)c(Br)c2)cc1C. The Morgan fingerprint density at radius 2 is 2.00 bits per heavy atom. The monoisotopic (exact) mass is 352 g/mol. The van der Waals surface area contributed by atoms with Crippen molar-refractivity contribution in [1.29, 1.82) is 0 Å². The van der Waals surface area contributed by atoms with Crippen LogP contribution in [0.1, 0.15) is 27.6 Å². The van der Waals surface area contributed by atoms with Crippen molar-refractivity contribution in [3.8, 4) is 5.75 Å². The average Bonchev–Trinajstić information content (AvgIpc) is 2.48. The molecule has 0 aliphatic heterocycles. The van der Waals surface area contributed by atoms with Crippen LogP contribution in [-0.4, -0.2) is 18.0 Å². The Kier molecular flexibility index (Phi) is 4.75. The molecule has 0 heterocycles. The van der Waals surface area contributed by atoms with Gasteiger partial charge in [-0.15, -0.1) is 0 Å². The molecule has 21 heavy (non-hydrogen) atoms. The van der Waals surface area contributed by atoms with Gasteiger partial charge >= 0.3 is 0 Å². The maximum absolute atomic E-state index is 13.2. The van der Waals surface area contributed by atoms with Crippen molar-refractivity contribution in [2.45, 2.75) is 13.0 Å². The number of methoxy groups -OCH3 is 1. The van der Waals surface area contributed by atoms with Crippen molar-refractivity contribution in [2.24, 2.45) is 0 Å². The van der Waals surface area contributed by atoms with Crippen molar-refractivity contribution in [1.82, 2.24) is 0 Å². The van der Waals surface area contributed by atoms with Crippen molar-refractivity contribution in [3.05, 3.63) is 63.4 Å². The van der Waals surface area contributed by atoms with Gasteiger partial charge in [-0.3, -0.25) is 4.79 Å². The number of benzene rings is 2. The van der Waals surface area contributed by atoms with Crippen LogP contribution in [0.4, 0.5) is 4.39 Å². The highest BCUT2D eigenvalue weighted by molar-refractivity contribution is 9.10. The molecule has 0 radical (unpaired) electrons. The summed E-state index contributed by atoms with van der Waals surface area (Å²) in [4.78, 5) is 12.3. The number of aliphatic hydroxyl groups excluding tert-OH is 1. The van der Waals surface area contributed by atoms with E-state index in [0.29, 0.717) is 16.9 Å². The smallest absolute Gasteiger partial charge is 0.195 e. The van der Waals surface area contributed by atoms with Crippen LogP contribution in [0.2, 0.25) is 0 Å². The number of rotatable bonds is 4. The minimum atomic E-state index is -1.34. The Balaban J connectivity index is 2.30. The zero-order valence-corrected chi connectivity index (χ0v) is 13.1. The number of ketones is 1. The minimum Gasteiger partial charge on any atom is -0.496 e. The molecule has 1 unspecified atom stereocenters. The molecule has 2 aromatic carbocycles. The second-order valence-electron chi connectivity index (χ2n) is 4.62. The van der Waals surface area contributed by atoms with Gasteiger partial charge in [-0.25, -0.2) is 4.39 Å². The normalized spacial score (nSPS) is 12.0. The summed E-state index contributed by atoms with van der Waals surface area (Å²) in [6.45, 7) is 1.82. The zero-order chi connectivity index (χ0) is 15.6. The number of hydrogen-bond donors (Lipinski definition) is 1. The molecule has 0 aliphatic carbocycles. The molecule has 0 aliphatic rings. The molecule has 0 saturated heterocycles. The van der Waals surface area contributed by atoms with E-state index in [1.54, 1.807) is 25.3 Å². The molecule has 2 rings (SSSR count). The van der Waals surface area contributed by atoms with Gasteiger partial charge in [0.1, 0.15) is 17.7 Å². The van der Waals surface area contributed by atoms with Crippen LogP contribution in [0.3, 0.4) is 0 Å². The van der Waals surface area contributed by atoms with Gasteiger partial charge in [-0.2, -0.15) is 0 Å². The molecule has 5 heteroatoms. The highest BCUT2D eigenvalue weighted by Gasteiger charge is 2.20. The van der Waals surface area contributed by atoms with Gasteiger partial charge in [-0.05, 0) is 64.3 Å². The quantitative estimate of drug-likeness (QED) is 0.850. The Bertz CT molecular complexity index is 685. The van der Waals surface area contributed by atoms with Crippen molar-refractivity contribution < 1.29 is 19.0 Å². The summed E-state index contributed by atoms with van der Waals surface area (Å²) in [5.74, 6) is -0.219. The van der Waals surface area contributed by atoms with Gasteiger partial charge in [0.25, 0.3) is 0 Å². The van der Waals surface area contributed by atoms with E-state index < -0.39 is 17.7 Å². The number of halogens is 2. The molecule has 0 amide bonds. The molecular weight excluding hydrogens is 339 g/mol. The highest BCUT2D eigenvalue weighted by atomic mass is 79.9. The summed E-state index contributed by atoms with van der Waals surface area (Å²) < 4.78 is 18.5. The van der Waals surface area contributed by atoms with Crippen molar-refractivity contribution >= 4 is 21.7 Å². The van der Waals surface area contributed by atoms with Gasteiger partial charge in [0.15, 0.2) is 5.78 Å². The molecule has 1 atom stereocenters. The lowest BCUT2D eigenvalue weighted by Crippen LogP contribution is -2.12. The van der Waals surface area contributed by atoms with Gasteiger partial charge in [0.05, 0.1) is 11.6 Å². The lowest BCUT2D eigenvalue weighted by atomic mass is 9.98. The molecule has 3 nitrogen and oxygen atoms in total. The van der Waals surface area contributed by atoms with E-state index in [-0.39, 0.29) is 4.47 Å². The van der Waals surface area contributed by atoms with Crippen LogP contribution in [-0.2, 0) is 0 Å². The largest absolute Gasteiger partial charge is 0.496 e. The van der Waals surface area contributed by atoms with E-state index in [1.807, 2.05) is 6.92 Å². The fourth-order valence-corrected chi connectivity index (χ4v) is 2.42. The maximum Gasteiger partial charge on any atom is 0.195 e. The number of aliphatic hydroxyl groups is 1. The van der Waals surface area contributed by atoms with Crippen LogP contribution in [0.25, 0.3) is 0 Å². The van der Waals surface area contributed by atoms with Gasteiger partial charge < -0.3 is 9.84 Å². The van der Waals surface area contributed by atoms with Gasteiger partial charge in [0, 0.05) is 5.56 Å². The standard InChI is InChI=1S/C16H14BrFO3/c1-9-7-10(4-6-14(9)21-2)15(19)16(20)11-3-5-13(18)12(17)8-11/h3-8,16,20H,1-2H3. The van der Waals surface area contributed by atoms with Crippen LogP contribution < -0.4 is 4.74 Å². The molecule has 0 spiro atoms. The molecule has 0 fully saturated rings. The lowest BCUT2D eigenvalue weighted by molar-refractivity contribution is 0.0747. The Morgan fingerprint density at radius 3 is 2.57 bits per heavy atom. The van der Waals surface area contributed by atoms with Crippen LogP contribution in [0.5, 0.6) is 5.75 Å². The first-order valence-corrected chi connectivity index (χ1v) is 7.05. The Labute approximate surface area is 130 Å². The third-order valence-corrected chi connectivity index (χ3v) is 3.79. The fourth-order valence-electron chi connectivity index (χ4n) is 2.02. The van der Waals surface area contributed by atoms with Crippen LogP contribution in [0, 0.1) is 12.7 Å². The summed E-state index contributed by atoms with van der Waals surface area (Å²) in [6.07, 6.45) is -1.34. The van der Waals surface area contributed by atoms with Crippen LogP contribution >= 0.6 is 15.9 Å². The summed E-state index contributed by atoms with van der Waals surface area (Å²) in [7, 11) is 1.55. The highest BCUT2D eigenvalue weighted by Crippen LogP contribution is 2.26. The van der Waals surface area contributed by atoms with Gasteiger partial charge in [-0.1, -0.05) is 6.07 Å². The number of hydrogen-bond acceptors (Lipinski definition) is 3. The van der Waals surface area contributed by atoms with Crippen molar-refractivity contribution in [3.63, 3.8) is 0 Å². The van der Waals surface area contributed by atoms with E-state index in [9.17, 15) is 14.3 Å². The van der Waals surface area contributed by atoms with Crippen molar-refractivity contribution in [2.75, 3.05) is 7.11 Å². The first-order chi connectivity index (χ1) is 9.93. The lowest BCUT2D eigenvalue weighted by Gasteiger charge is -2.12. The predicted molar refractivity (Wildman–Crippen MR) is 81.1 cm³/mol. The topological polar surface area (TPSA) is 46.5 Å². The maximum atomic E-state index is 13.2. The first kappa shape index (κ1) is 15.7. The molecule has 110 valence electrons. The number of carbonyl (C=O) groups excluding carboxylic acids is 1. The number of aryl methyl sites for hydroxylation is 1. The van der Waals surface area contributed by atoms with Crippen LogP contribution in [0.15, 0.2) is 40.9 Å². The third kappa shape index (κ3) is 3.31. The number of Topliss-reactive ketones (excluding diaryl/α,β-unsaturated/α-hetero) is 1.